The highest BCUT2D eigenvalue weighted by Crippen LogP contribution is 2.43. The Labute approximate surface area is 278 Å². The Morgan fingerprint density at radius 3 is 2.57 bits per heavy atom. The molecular formula is C35H43N7O4S. The van der Waals surface area contributed by atoms with Crippen LogP contribution in [0, 0.1) is 0 Å². The summed E-state index contributed by atoms with van der Waals surface area (Å²) in [6.07, 6.45) is 6.77. The first-order valence-electron chi connectivity index (χ1n) is 16.7. The Kier molecular flexibility index (Phi) is 8.20. The topological polar surface area (TPSA) is 137 Å². The van der Waals surface area contributed by atoms with Gasteiger partial charge in [0.15, 0.2) is 5.82 Å². The number of hydrogen-bond acceptors (Lipinski definition) is 9. The third kappa shape index (κ3) is 6.71. The summed E-state index contributed by atoms with van der Waals surface area (Å²) >= 11 is 1.63. The standard InChI is InChI=1S/C35H43N7O4S/c1-21-20-41(16-17-42(21)33(44)46-34(2,3)4)32(43)31-36-25-11-10-23(27-12-13-28(47-27)35(45)14-6-5-7-15-35)18-24(25)30(38-31)37-29-19-26(39-40-29)22-8-9-22/h10-13,18-19,21-22,45H,5-9,14-17,20H2,1-4H3,(H2,36,37,38,39,40). The Hall–Kier alpha value is -4.03. The molecule has 3 aromatic heterocycles. The zero-order chi connectivity index (χ0) is 32.9. The van der Waals surface area contributed by atoms with E-state index in [1.807, 2.05) is 52.0 Å². The minimum Gasteiger partial charge on any atom is -0.444 e. The van der Waals surface area contributed by atoms with Gasteiger partial charge in [0, 0.05) is 58.5 Å². The summed E-state index contributed by atoms with van der Waals surface area (Å²) in [4.78, 5) is 41.6. The van der Waals surface area contributed by atoms with E-state index in [4.69, 9.17) is 14.7 Å². The number of piperazine rings is 1. The molecule has 1 aliphatic heterocycles. The molecule has 12 heteroatoms. The molecule has 11 nitrogen and oxygen atoms in total. The molecular weight excluding hydrogens is 614 g/mol. The third-order valence-corrected chi connectivity index (χ3v) is 10.6. The molecule has 0 radical (unpaired) electrons. The molecule has 0 bridgehead atoms. The van der Waals surface area contributed by atoms with E-state index in [0.29, 0.717) is 42.7 Å². The van der Waals surface area contributed by atoms with E-state index in [2.05, 4.69) is 27.6 Å². The lowest BCUT2D eigenvalue weighted by Crippen LogP contribution is -2.56. The average Bonchev–Trinajstić information content (AvgIpc) is 3.56. The van der Waals surface area contributed by atoms with Crippen LogP contribution < -0.4 is 5.32 Å². The first-order chi connectivity index (χ1) is 22.5. The number of hydrogen-bond donors (Lipinski definition) is 3. The summed E-state index contributed by atoms with van der Waals surface area (Å²) in [6.45, 7) is 8.50. The van der Waals surface area contributed by atoms with Gasteiger partial charge in [0.05, 0.1) is 11.1 Å². The molecule has 0 spiro atoms. The molecule has 2 aliphatic carbocycles. The summed E-state index contributed by atoms with van der Waals surface area (Å²) < 4.78 is 5.58. The number of aromatic amines is 1. The van der Waals surface area contributed by atoms with Gasteiger partial charge in [0.25, 0.3) is 5.91 Å². The van der Waals surface area contributed by atoms with Crippen molar-refractivity contribution in [3.63, 3.8) is 0 Å². The van der Waals surface area contributed by atoms with Crippen molar-refractivity contribution in [1.82, 2.24) is 30.0 Å². The number of rotatable bonds is 6. The number of carbonyl (C=O) groups excluding carboxylic acids is 2. The molecule has 1 saturated heterocycles. The molecule has 3 fully saturated rings. The lowest BCUT2D eigenvalue weighted by molar-refractivity contribution is 0.00166. The zero-order valence-corrected chi connectivity index (χ0v) is 28.3. The Bertz CT molecular complexity index is 1800. The Morgan fingerprint density at radius 1 is 1.06 bits per heavy atom. The first kappa shape index (κ1) is 31.6. The molecule has 4 heterocycles. The van der Waals surface area contributed by atoms with Crippen molar-refractivity contribution in [2.45, 2.75) is 95.8 Å². The summed E-state index contributed by atoms with van der Waals surface area (Å²) in [6, 6.07) is 11.9. The minimum atomic E-state index is -0.752. The van der Waals surface area contributed by atoms with Crippen LogP contribution in [0.2, 0.25) is 0 Å². The van der Waals surface area contributed by atoms with Crippen LogP contribution in [0.15, 0.2) is 36.4 Å². The summed E-state index contributed by atoms with van der Waals surface area (Å²) in [7, 11) is 0. The maximum absolute atomic E-state index is 13.9. The number of aromatic nitrogens is 4. The average molecular weight is 658 g/mol. The van der Waals surface area contributed by atoms with Crippen LogP contribution in [0.4, 0.5) is 16.4 Å². The summed E-state index contributed by atoms with van der Waals surface area (Å²) in [5, 5.41) is 23.1. The van der Waals surface area contributed by atoms with Crippen LogP contribution in [0.25, 0.3) is 21.3 Å². The van der Waals surface area contributed by atoms with Gasteiger partial charge in [-0.25, -0.2) is 14.8 Å². The van der Waals surface area contributed by atoms with Crippen molar-refractivity contribution < 1.29 is 19.4 Å². The number of anilines is 2. The van der Waals surface area contributed by atoms with Crippen molar-refractivity contribution >= 4 is 45.9 Å². The number of carbonyl (C=O) groups is 2. The fourth-order valence-corrected chi connectivity index (χ4v) is 7.75. The van der Waals surface area contributed by atoms with Gasteiger partial charge in [-0.05, 0) is 83.2 Å². The van der Waals surface area contributed by atoms with Crippen molar-refractivity contribution in [2.24, 2.45) is 0 Å². The number of aliphatic hydroxyl groups is 1. The van der Waals surface area contributed by atoms with Crippen LogP contribution in [0.3, 0.4) is 0 Å². The molecule has 3 N–H and O–H groups in total. The van der Waals surface area contributed by atoms with Gasteiger partial charge in [0.2, 0.25) is 5.82 Å². The second-order valence-electron chi connectivity index (χ2n) is 14.3. The first-order valence-corrected chi connectivity index (χ1v) is 17.5. The summed E-state index contributed by atoms with van der Waals surface area (Å²) in [5.41, 5.74) is 1.37. The van der Waals surface area contributed by atoms with Gasteiger partial charge in [-0.2, -0.15) is 5.10 Å². The van der Waals surface area contributed by atoms with Crippen molar-refractivity contribution in [3.8, 4) is 10.4 Å². The predicted molar refractivity (Wildman–Crippen MR) is 182 cm³/mol. The zero-order valence-electron chi connectivity index (χ0n) is 27.5. The number of H-pyrrole nitrogens is 1. The number of nitrogens with zero attached hydrogens (tertiary/aromatic N) is 5. The lowest BCUT2D eigenvalue weighted by atomic mass is 9.84. The third-order valence-electron chi connectivity index (χ3n) is 9.32. The lowest BCUT2D eigenvalue weighted by Gasteiger charge is -2.39. The molecule has 2 amide bonds. The van der Waals surface area contributed by atoms with Gasteiger partial charge in [-0.1, -0.05) is 25.3 Å². The monoisotopic (exact) mass is 657 g/mol. The summed E-state index contributed by atoms with van der Waals surface area (Å²) in [5.74, 6) is 1.43. The van der Waals surface area contributed by atoms with Crippen LogP contribution in [-0.2, 0) is 10.3 Å². The molecule has 47 heavy (non-hydrogen) atoms. The highest BCUT2D eigenvalue weighted by Gasteiger charge is 2.35. The maximum Gasteiger partial charge on any atom is 0.410 e. The minimum absolute atomic E-state index is 0.0848. The van der Waals surface area contributed by atoms with Crippen molar-refractivity contribution in [1.29, 1.82) is 0 Å². The van der Waals surface area contributed by atoms with Crippen LogP contribution in [-0.4, -0.2) is 78.3 Å². The Morgan fingerprint density at radius 2 is 1.85 bits per heavy atom. The van der Waals surface area contributed by atoms with E-state index < -0.39 is 11.2 Å². The fourth-order valence-electron chi connectivity index (χ4n) is 6.60. The highest BCUT2D eigenvalue weighted by molar-refractivity contribution is 7.15. The SMILES string of the molecule is CC1CN(C(=O)c2nc(Nc3cc(C4CC4)[nH]n3)c3cc(-c4ccc(C5(O)CCCCC5)s4)ccc3n2)CCN1C(=O)OC(C)(C)C. The van der Waals surface area contributed by atoms with Gasteiger partial charge < -0.3 is 25.0 Å². The van der Waals surface area contributed by atoms with E-state index in [1.165, 1.54) is 6.42 Å². The van der Waals surface area contributed by atoms with E-state index in [1.54, 1.807) is 21.1 Å². The molecule has 3 aliphatic rings. The normalized spacial score (nSPS) is 20.0. The molecule has 248 valence electrons. The van der Waals surface area contributed by atoms with Crippen molar-refractivity contribution in [3.05, 3.63) is 52.8 Å². The smallest absolute Gasteiger partial charge is 0.410 e. The van der Waals surface area contributed by atoms with Gasteiger partial charge in [-0.15, -0.1) is 11.3 Å². The van der Waals surface area contributed by atoms with E-state index in [0.717, 1.165) is 64.9 Å². The number of thiophene rings is 1. The highest BCUT2D eigenvalue weighted by atomic mass is 32.1. The number of fused-ring (bicyclic) bond motifs is 1. The van der Waals surface area contributed by atoms with Crippen LogP contribution in [0.1, 0.15) is 99.7 Å². The molecule has 4 aromatic rings. The molecule has 1 aromatic carbocycles. The van der Waals surface area contributed by atoms with Gasteiger partial charge in [0.1, 0.15) is 11.4 Å². The maximum atomic E-state index is 13.9. The van der Waals surface area contributed by atoms with Crippen molar-refractivity contribution in [2.75, 3.05) is 25.0 Å². The van der Waals surface area contributed by atoms with Gasteiger partial charge in [-0.3, -0.25) is 9.89 Å². The fraction of sp³-hybridized carbons (Fsp3) is 0.514. The molecule has 7 rings (SSSR count). The number of benzene rings is 1. The van der Waals surface area contributed by atoms with Crippen LogP contribution >= 0.6 is 11.3 Å². The second kappa shape index (κ2) is 12.2. The number of ether oxygens (including phenoxy) is 1. The second-order valence-corrected chi connectivity index (χ2v) is 15.3. The van der Waals surface area contributed by atoms with Crippen LogP contribution in [0.5, 0.6) is 0 Å². The molecule has 1 atom stereocenters. The van der Waals surface area contributed by atoms with E-state index in [-0.39, 0.29) is 23.9 Å². The molecule has 2 saturated carbocycles. The largest absolute Gasteiger partial charge is 0.444 e. The quantitative estimate of drug-likeness (QED) is 0.203. The van der Waals surface area contributed by atoms with E-state index >= 15 is 0 Å². The number of nitrogens with one attached hydrogen (secondary N) is 2. The van der Waals surface area contributed by atoms with Gasteiger partial charge >= 0.3 is 6.09 Å². The molecule has 1 unspecified atom stereocenters. The number of amides is 2. The Balaban J connectivity index is 1.18. The predicted octanol–water partition coefficient (Wildman–Crippen LogP) is 6.94. The van der Waals surface area contributed by atoms with E-state index in [9.17, 15) is 14.7 Å².